The van der Waals surface area contributed by atoms with Crippen molar-refractivity contribution >= 4 is 34.4 Å². The minimum absolute atomic E-state index is 0.0431. The first kappa shape index (κ1) is 33.0. The molecule has 0 saturated heterocycles. The summed E-state index contributed by atoms with van der Waals surface area (Å²) in [4.78, 5) is 21.6. The van der Waals surface area contributed by atoms with Crippen molar-refractivity contribution < 1.29 is 0 Å². The first-order valence-electron chi connectivity index (χ1n) is 17.9. The Morgan fingerprint density at radius 2 is 1.09 bits per heavy atom. The highest BCUT2D eigenvalue weighted by atomic mass is 15.3. The van der Waals surface area contributed by atoms with Gasteiger partial charge >= 0.3 is 0 Å². The minimum atomic E-state index is -0.111. The van der Waals surface area contributed by atoms with Crippen LogP contribution in [0, 0.1) is 22.7 Å². The highest BCUT2D eigenvalue weighted by Crippen LogP contribution is 2.51. The molecule has 1 aliphatic carbocycles. The fraction of sp³-hybridized carbons (Fsp3) is 0.0435. The molecule has 1 aliphatic heterocycles. The average Bonchev–Trinajstić information content (AvgIpc) is 3.59. The summed E-state index contributed by atoms with van der Waals surface area (Å²) in [5.41, 5.74) is 8.58. The van der Waals surface area contributed by atoms with Gasteiger partial charge in [0.1, 0.15) is 29.2 Å². The second-order valence-corrected chi connectivity index (χ2v) is 13.1. The van der Waals surface area contributed by atoms with Crippen molar-refractivity contribution in [2.75, 3.05) is 15.5 Å². The van der Waals surface area contributed by atoms with E-state index < -0.39 is 0 Å². The van der Waals surface area contributed by atoms with E-state index in [1.807, 2.05) is 78.9 Å². The van der Waals surface area contributed by atoms with Gasteiger partial charge in [0.15, 0.2) is 17.5 Å². The summed E-state index contributed by atoms with van der Waals surface area (Å²) < 4.78 is 0. The van der Waals surface area contributed by atoms with Crippen LogP contribution in [-0.4, -0.2) is 26.0 Å². The van der Waals surface area contributed by atoms with E-state index in [1.165, 1.54) is 11.6 Å². The van der Waals surface area contributed by atoms with Crippen LogP contribution in [0.4, 0.5) is 34.4 Å². The van der Waals surface area contributed by atoms with Gasteiger partial charge in [-0.05, 0) is 34.9 Å². The number of nitrogens with zero attached hydrogens (tertiary/aromatic N) is 7. The van der Waals surface area contributed by atoms with E-state index in [1.54, 1.807) is 0 Å². The van der Waals surface area contributed by atoms with Gasteiger partial charge in [-0.2, -0.15) is 10.5 Å². The zero-order valence-electron chi connectivity index (χ0n) is 29.4. The average molecular weight is 710 g/mol. The Morgan fingerprint density at radius 3 is 1.75 bits per heavy atom. The molecule has 0 saturated carbocycles. The maximum atomic E-state index is 9.88. The lowest BCUT2D eigenvalue weighted by atomic mass is 9.91. The Balaban J connectivity index is 1.33. The lowest BCUT2D eigenvalue weighted by Crippen LogP contribution is -2.30. The van der Waals surface area contributed by atoms with Crippen molar-refractivity contribution in [3.05, 3.63) is 181 Å². The Labute approximate surface area is 318 Å². The quantitative estimate of drug-likeness (QED) is 0.158. The molecule has 2 atom stereocenters. The third-order valence-electron chi connectivity index (χ3n) is 9.77. The zero-order valence-corrected chi connectivity index (χ0v) is 29.4. The highest BCUT2D eigenvalue weighted by molar-refractivity contribution is 5.94. The number of rotatable bonds is 8. The van der Waals surface area contributed by atoms with E-state index in [2.05, 4.69) is 117 Å². The van der Waals surface area contributed by atoms with Crippen LogP contribution in [0.3, 0.4) is 0 Å². The molecule has 2 N–H and O–H groups in total. The number of benzene rings is 5. The normalized spacial score (nSPS) is 15.1. The number of allylic oxidation sites excluding steroid dienone is 2. The Bertz CT molecular complexity index is 2680. The summed E-state index contributed by atoms with van der Waals surface area (Å²) in [7, 11) is 0. The van der Waals surface area contributed by atoms with Gasteiger partial charge in [-0.3, -0.25) is 0 Å². The van der Waals surface area contributed by atoms with Crippen molar-refractivity contribution in [1.29, 1.82) is 10.5 Å². The molecule has 2 aliphatic rings. The Kier molecular flexibility index (Phi) is 8.56. The molecule has 5 aromatic carbocycles. The van der Waals surface area contributed by atoms with Crippen LogP contribution in [0.2, 0.25) is 0 Å². The Morgan fingerprint density at radius 1 is 0.545 bits per heavy atom. The van der Waals surface area contributed by atoms with E-state index in [-0.39, 0.29) is 35.0 Å². The molecule has 0 amide bonds. The van der Waals surface area contributed by atoms with Gasteiger partial charge in [0, 0.05) is 40.2 Å². The van der Waals surface area contributed by atoms with E-state index in [9.17, 15) is 10.5 Å². The summed E-state index contributed by atoms with van der Waals surface area (Å²) in [5, 5.41) is 27.2. The van der Waals surface area contributed by atoms with E-state index in [0.717, 1.165) is 39.3 Å². The maximum Gasteiger partial charge on any atom is 0.201 e. The van der Waals surface area contributed by atoms with Gasteiger partial charge in [-0.1, -0.05) is 140 Å². The van der Waals surface area contributed by atoms with Crippen LogP contribution in [0.15, 0.2) is 164 Å². The van der Waals surface area contributed by atoms with Crippen molar-refractivity contribution in [2.24, 2.45) is 0 Å². The molecule has 0 fully saturated rings. The number of fused-ring (bicyclic) bond motifs is 3. The number of para-hydroxylation sites is 3. The minimum Gasteiger partial charge on any atom is -0.349 e. The van der Waals surface area contributed by atoms with Crippen LogP contribution >= 0.6 is 0 Å². The van der Waals surface area contributed by atoms with Crippen molar-refractivity contribution in [1.82, 2.24) is 19.9 Å². The molecular formula is C46H31N9. The van der Waals surface area contributed by atoms with Crippen molar-refractivity contribution in [2.45, 2.75) is 12.0 Å². The summed E-state index contributed by atoms with van der Waals surface area (Å²) in [6, 6.07) is 50.4. The standard InChI is InChI=1S/C46H31N9/c47-28-32-27-33(29-48)50-44(49-32)45-53-43(52-39-24-12-8-20-35(39)31-17-5-2-6-18-31)42(51-38-23-11-7-19-34(38)30-15-3-1-4-16-30)46(54-45)55-40-25-13-9-21-36(40)37-22-10-14-26-41(37)55/h1-27,36,40,51H,(H,52,53,54). The molecule has 0 bridgehead atoms. The lowest BCUT2D eigenvalue weighted by molar-refractivity contribution is 0.738. The molecule has 3 heterocycles. The fourth-order valence-corrected chi connectivity index (χ4v) is 7.31. The molecule has 2 aromatic heterocycles. The molecule has 260 valence electrons. The first-order valence-corrected chi connectivity index (χ1v) is 17.9. The predicted octanol–water partition coefficient (Wildman–Crippen LogP) is 10.2. The molecule has 7 aromatic rings. The molecule has 9 nitrogen and oxygen atoms in total. The highest BCUT2D eigenvalue weighted by Gasteiger charge is 2.40. The van der Waals surface area contributed by atoms with Gasteiger partial charge in [0.05, 0.1) is 6.04 Å². The summed E-state index contributed by atoms with van der Waals surface area (Å²) in [6.45, 7) is 0. The topological polar surface area (TPSA) is 126 Å². The summed E-state index contributed by atoms with van der Waals surface area (Å²) >= 11 is 0. The molecular weight excluding hydrogens is 679 g/mol. The Hall–Kier alpha value is -7.88. The van der Waals surface area contributed by atoms with E-state index >= 15 is 0 Å². The number of hydrogen-bond donors (Lipinski definition) is 2. The van der Waals surface area contributed by atoms with Crippen LogP contribution in [0.1, 0.15) is 22.9 Å². The second-order valence-electron chi connectivity index (χ2n) is 13.1. The van der Waals surface area contributed by atoms with Gasteiger partial charge in [0.25, 0.3) is 0 Å². The maximum absolute atomic E-state index is 9.88. The number of aromatic nitrogens is 4. The van der Waals surface area contributed by atoms with Crippen LogP contribution < -0.4 is 15.5 Å². The zero-order chi connectivity index (χ0) is 37.1. The van der Waals surface area contributed by atoms with Crippen molar-refractivity contribution in [3.8, 4) is 46.0 Å². The first-order chi connectivity index (χ1) is 27.2. The molecule has 0 radical (unpaired) electrons. The van der Waals surface area contributed by atoms with Crippen LogP contribution in [-0.2, 0) is 0 Å². The monoisotopic (exact) mass is 709 g/mol. The summed E-state index contributed by atoms with van der Waals surface area (Å²) in [5.74, 6) is 1.31. The third-order valence-corrected chi connectivity index (χ3v) is 9.77. The molecule has 9 heteroatoms. The van der Waals surface area contributed by atoms with Gasteiger partial charge in [-0.15, -0.1) is 0 Å². The largest absolute Gasteiger partial charge is 0.349 e. The van der Waals surface area contributed by atoms with Gasteiger partial charge in [-0.25, -0.2) is 19.9 Å². The molecule has 0 spiro atoms. The van der Waals surface area contributed by atoms with Gasteiger partial charge in [0.2, 0.25) is 5.82 Å². The number of hydrogen-bond acceptors (Lipinski definition) is 9. The van der Waals surface area contributed by atoms with E-state index in [0.29, 0.717) is 17.3 Å². The molecule has 2 unspecified atom stereocenters. The smallest absolute Gasteiger partial charge is 0.201 e. The van der Waals surface area contributed by atoms with Crippen molar-refractivity contribution in [3.63, 3.8) is 0 Å². The van der Waals surface area contributed by atoms with E-state index in [4.69, 9.17) is 9.97 Å². The molecule has 55 heavy (non-hydrogen) atoms. The summed E-state index contributed by atoms with van der Waals surface area (Å²) in [6.07, 6.45) is 8.55. The van der Waals surface area contributed by atoms with Gasteiger partial charge < -0.3 is 15.5 Å². The predicted molar refractivity (Wildman–Crippen MR) is 216 cm³/mol. The number of nitriles is 2. The number of anilines is 6. The number of nitrogens with one attached hydrogen (secondary N) is 2. The van der Waals surface area contributed by atoms with Crippen LogP contribution in [0.25, 0.3) is 33.9 Å². The molecule has 9 rings (SSSR count). The second kappa shape index (κ2) is 14.3. The SMILES string of the molecule is N#Cc1cc(C#N)nc(-c2nc(Nc3ccccc3-c3ccccc3)c(Nc3ccccc3-c3ccccc3)c(N3c4ccccc4C4C=CC=CC43)n2)n1. The third kappa shape index (κ3) is 6.22. The van der Waals surface area contributed by atoms with Crippen LogP contribution in [0.5, 0.6) is 0 Å². The lowest BCUT2D eigenvalue weighted by Gasteiger charge is -2.31. The fourth-order valence-electron chi connectivity index (χ4n) is 7.31.